The number of halogens is 2. The van der Waals surface area contributed by atoms with Crippen molar-refractivity contribution in [2.45, 2.75) is 19.9 Å². The lowest BCUT2D eigenvalue weighted by atomic mass is 10.1. The van der Waals surface area contributed by atoms with Crippen LogP contribution >= 0.6 is 22.9 Å². The molecular formula is C23H18ClFN2OS. The van der Waals surface area contributed by atoms with E-state index in [0.717, 1.165) is 26.9 Å². The van der Waals surface area contributed by atoms with Gasteiger partial charge in [-0.1, -0.05) is 65.4 Å². The molecule has 0 spiro atoms. The number of aryl methyl sites for hydroxylation is 1. The van der Waals surface area contributed by atoms with Gasteiger partial charge in [-0.2, -0.15) is 0 Å². The van der Waals surface area contributed by atoms with Crippen molar-refractivity contribution in [1.82, 2.24) is 4.98 Å². The Balaban J connectivity index is 1.70. The number of amides is 1. The largest absolute Gasteiger partial charge is 0.283 e. The van der Waals surface area contributed by atoms with Crippen LogP contribution in [0.25, 0.3) is 10.2 Å². The van der Waals surface area contributed by atoms with Gasteiger partial charge in [-0.15, -0.1) is 0 Å². The summed E-state index contributed by atoms with van der Waals surface area (Å²) in [6, 6.07) is 19.5. The second kappa shape index (κ2) is 8.31. The maximum Gasteiger partial charge on any atom is 0.233 e. The van der Waals surface area contributed by atoms with Gasteiger partial charge in [-0.25, -0.2) is 9.37 Å². The van der Waals surface area contributed by atoms with E-state index in [0.29, 0.717) is 16.7 Å². The van der Waals surface area contributed by atoms with Crippen molar-refractivity contribution in [3.63, 3.8) is 0 Å². The normalized spacial score (nSPS) is 11.0. The van der Waals surface area contributed by atoms with Crippen molar-refractivity contribution in [1.29, 1.82) is 0 Å². The first-order valence-corrected chi connectivity index (χ1v) is 10.3. The Morgan fingerprint density at radius 3 is 2.52 bits per heavy atom. The third-order valence-corrected chi connectivity index (χ3v) is 5.87. The highest BCUT2D eigenvalue weighted by Gasteiger charge is 2.21. The Morgan fingerprint density at radius 1 is 1.07 bits per heavy atom. The maximum absolute atomic E-state index is 13.2. The van der Waals surface area contributed by atoms with E-state index in [1.807, 2.05) is 49.4 Å². The fourth-order valence-corrected chi connectivity index (χ4v) is 4.60. The van der Waals surface area contributed by atoms with Crippen LogP contribution in [0.4, 0.5) is 9.52 Å². The molecule has 1 aromatic heterocycles. The van der Waals surface area contributed by atoms with E-state index in [1.54, 1.807) is 17.0 Å². The molecule has 0 unspecified atom stereocenters. The smallest absolute Gasteiger partial charge is 0.233 e. The second-order valence-corrected chi connectivity index (χ2v) is 8.28. The van der Waals surface area contributed by atoms with Gasteiger partial charge in [0.15, 0.2) is 5.13 Å². The summed E-state index contributed by atoms with van der Waals surface area (Å²) in [5, 5.41) is 1.28. The van der Waals surface area contributed by atoms with Gasteiger partial charge < -0.3 is 0 Å². The number of benzene rings is 3. The Bertz CT molecular complexity index is 1160. The molecular weight excluding hydrogens is 407 g/mol. The fourth-order valence-electron chi connectivity index (χ4n) is 3.16. The zero-order chi connectivity index (χ0) is 20.4. The molecule has 29 heavy (non-hydrogen) atoms. The number of nitrogens with zero attached hydrogens (tertiary/aromatic N) is 2. The Labute approximate surface area is 177 Å². The number of carbonyl (C=O) groups excluding carboxylic acids is 1. The predicted molar refractivity (Wildman–Crippen MR) is 117 cm³/mol. The molecule has 4 rings (SSSR count). The molecule has 0 aliphatic heterocycles. The Hall–Kier alpha value is -2.76. The zero-order valence-electron chi connectivity index (χ0n) is 15.7. The number of thiazole rings is 1. The molecule has 0 saturated carbocycles. The van der Waals surface area contributed by atoms with Crippen molar-refractivity contribution < 1.29 is 9.18 Å². The third kappa shape index (κ3) is 4.47. The molecule has 0 aliphatic carbocycles. The topological polar surface area (TPSA) is 33.2 Å². The average molecular weight is 425 g/mol. The number of carbonyl (C=O) groups is 1. The minimum atomic E-state index is -0.319. The predicted octanol–water partition coefficient (Wildman–Crippen LogP) is 6.17. The molecule has 0 radical (unpaired) electrons. The number of aromatic nitrogens is 1. The highest BCUT2D eigenvalue weighted by atomic mass is 35.5. The summed E-state index contributed by atoms with van der Waals surface area (Å²) in [4.78, 5) is 19.6. The van der Waals surface area contributed by atoms with Crippen molar-refractivity contribution in [2.24, 2.45) is 0 Å². The molecule has 0 atom stereocenters. The van der Waals surface area contributed by atoms with Gasteiger partial charge in [0.1, 0.15) is 5.82 Å². The van der Waals surface area contributed by atoms with E-state index < -0.39 is 0 Å². The fraction of sp³-hybridized carbons (Fsp3) is 0.130. The van der Waals surface area contributed by atoms with Crippen LogP contribution in [0.3, 0.4) is 0 Å². The van der Waals surface area contributed by atoms with Gasteiger partial charge >= 0.3 is 0 Å². The molecule has 0 N–H and O–H groups in total. The minimum Gasteiger partial charge on any atom is -0.283 e. The lowest BCUT2D eigenvalue weighted by molar-refractivity contribution is -0.118. The molecule has 6 heteroatoms. The Kier molecular flexibility index (Phi) is 5.60. The number of rotatable bonds is 5. The SMILES string of the molecule is Cc1cc(Cl)cc2sc(N(Cc3ccccc3)C(=O)Cc3ccc(F)cc3)nc12. The highest BCUT2D eigenvalue weighted by molar-refractivity contribution is 7.22. The third-order valence-electron chi connectivity index (χ3n) is 4.62. The molecule has 0 bridgehead atoms. The summed E-state index contributed by atoms with van der Waals surface area (Å²) in [5.41, 5.74) is 3.59. The molecule has 0 aliphatic rings. The first-order chi connectivity index (χ1) is 14.0. The van der Waals surface area contributed by atoms with E-state index >= 15 is 0 Å². The number of hydrogen-bond donors (Lipinski definition) is 0. The maximum atomic E-state index is 13.2. The number of anilines is 1. The van der Waals surface area contributed by atoms with Crippen molar-refractivity contribution in [3.8, 4) is 0 Å². The molecule has 1 amide bonds. The van der Waals surface area contributed by atoms with E-state index in [1.165, 1.54) is 23.5 Å². The van der Waals surface area contributed by atoms with Crippen molar-refractivity contribution in [3.05, 3.63) is 94.3 Å². The quantitative estimate of drug-likeness (QED) is 0.383. The van der Waals surface area contributed by atoms with Crippen molar-refractivity contribution >= 4 is 44.2 Å². The van der Waals surface area contributed by atoms with Crippen molar-refractivity contribution in [2.75, 3.05) is 4.90 Å². The second-order valence-electron chi connectivity index (χ2n) is 6.83. The lowest BCUT2D eigenvalue weighted by Crippen LogP contribution is -2.31. The van der Waals surface area contributed by atoms with Crippen LogP contribution < -0.4 is 4.90 Å². The minimum absolute atomic E-state index is 0.0942. The van der Waals surface area contributed by atoms with Gasteiger partial charge in [0.05, 0.1) is 23.2 Å². The summed E-state index contributed by atoms with van der Waals surface area (Å²) in [6.07, 6.45) is 0.169. The molecule has 3 nitrogen and oxygen atoms in total. The van der Waals surface area contributed by atoms with Gasteiger partial charge in [0.25, 0.3) is 0 Å². The van der Waals surface area contributed by atoms with Crippen LogP contribution in [0.1, 0.15) is 16.7 Å². The molecule has 4 aromatic rings. The van der Waals surface area contributed by atoms with E-state index in [2.05, 4.69) is 0 Å². The molecule has 0 fully saturated rings. The van der Waals surface area contributed by atoms with Gasteiger partial charge in [0.2, 0.25) is 5.91 Å². The first kappa shape index (κ1) is 19.6. The van der Waals surface area contributed by atoms with Crippen LogP contribution in [0.2, 0.25) is 5.02 Å². The van der Waals surface area contributed by atoms with Gasteiger partial charge in [-0.3, -0.25) is 9.69 Å². The van der Waals surface area contributed by atoms with Crippen LogP contribution in [0, 0.1) is 12.7 Å². The Morgan fingerprint density at radius 2 is 1.79 bits per heavy atom. The summed E-state index contributed by atoms with van der Waals surface area (Å²) in [7, 11) is 0. The summed E-state index contributed by atoms with van der Waals surface area (Å²) in [5.74, 6) is -0.413. The summed E-state index contributed by atoms with van der Waals surface area (Å²) < 4.78 is 14.2. The lowest BCUT2D eigenvalue weighted by Gasteiger charge is -2.20. The number of fused-ring (bicyclic) bond motifs is 1. The highest BCUT2D eigenvalue weighted by Crippen LogP contribution is 2.34. The van der Waals surface area contributed by atoms with Gasteiger partial charge in [-0.05, 0) is 47.9 Å². The zero-order valence-corrected chi connectivity index (χ0v) is 17.3. The molecule has 146 valence electrons. The first-order valence-electron chi connectivity index (χ1n) is 9.15. The average Bonchev–Trinajstić information content (AvgIpc) is 3.12. The molecule has 3 aromatic carbocycles. The summed E-state index contributed by atoms with van der Waals surface area (Å²) >= 11 is 7.64. The van der Waals surface area contributed by atoms with Crippen LogP contribution in [-0.4, -0.2) is 10.9 Å². The number of hydrogen-bond acceptors (Lipinski definition) is 3. The van der Waals surface area contributed by atoms with Crippen LogP contribution in [-0.2, 0) is 17.8 Å². The van der Waals surface area contributed by atoms with Gasteiger partial charge in [0, 0.05) is 5.02 Å². The van der Waals surface area contributed by atoms with Crippen LogP contribution in [0.5, 0.6) is 0 Å². The molecule has 1 heterocycles. The monoisotopic (exact) mass is 424 g/mol. The summed E-state index contributed by atoms with van der Waals surface area (Å²) in [6.45, 7) is 2.37. The standard InChI is InChI=1S/C23H18ClFN2OS/c1-15-11-18(24)13-20-22(15)26-23(29-20)27(14-17-5-3-2-4-6-17)21(28)12-16-7-9-19(25)10-8-16/h2-11,13H,12,14H2,1H3. The van der Waals surface area contributed by atoms with E-state index in [9.17, 15) is 9.18 Å². The molecule has 0 saturated heterocycles. The van der Waals surface area contributed by atoms with Crippen LogP contribution in [0.15, 0.2) is 66.7 Å². The van der Waals surface area contributed by atoms with E-state index in [4.69, 9.17) is 16.6 Å². The van der Waals surface area contributed by atoms with E-state index in [-0.39, 0.29) is 18.1 Å².